The molecule has 0 aliphatic heterocycles. The molecule has 2 aromatic rings. The van der Waals surface area contributed by atoms with Gasteiger partial charge < -0.3 is 5.32 Å². The van der Waals surface area contributed by atoms with Crippen molar-refractivity contribution >= 4 is 22.2 Å². The van der Waals surface area contributed by atoms with Crippen molar-refractivity contribution in [2.24, 2.45) is 0 Å². The Morgan fingerprint density at radius 3 is 2.68 bits per heavy atom. The van der Waals surface area contributed by atoms with Gasteiger partial charge in [-0.3, -0.25) is 9.69 Å². The lowest BCUT2D eigenvalue weighted by Gasteiger charge is -2.23. The van der Waals surface area contributed by atoms with Crippen LogP contribution in [0.2, 0.25) is 0 Å². The second-order valence-corrected chi connectivity index (χ2v) is 6.26. The number of amides is 1. The number of aryl methyl sites for hydroxylation is 1. The minimum absolute atomic E-state index is 0.103. The summed E-state index contributed by atoms with van der Waals surface area (Å²) in [4.78, 5) is 14.3. The molecule has 0 aliphatic carbocycles. The summed E-state index contributed by atoms with van der Waals surface area (Å²) in [5.74, 6) is -0.103. The summed E-state index contributed by atoms with van der Waals surface area (Å²) in [7, 11) is 1.92. The first-order chi connectivity index (χ1) is 10.5. The van der Waals surface area contributed by atoms with Gasteiger partial charge in [-0.25, -0.2) is 0 Å². The standard InChI is InChI=1S/C17H19N3OS/c1-12-4-6-14(7-5-12)11-20(3)13(2)16(21)19-17-15(10-18)8-9-22-17/h4-9,13H,11H2,1-3H3,(H,19,21)/t13-/m0/s1. The van der Waals surface area contributed by atoms with Crippen molar-refractivity contribution in [3.8, 4) is 6.07 Å². The van der Waals surface area contributed by atoms with Crippen LogP contribution in [0.15, 0.2) is 35.7 Å². The lowest BCUT2D eigenvalue weighted by molar-refractivity contribution is -0.120. The van der Waals surface area contributed by atoms with E-state index in [1.807, 2.05) is 18.9 Å². The Kier molecular flexibility index (Phi) is 5.31. The minimum Gasteiger partial charge on any atom is -0.315 e. The van der Waals surface area contributed by atoms with E-state index in [4.69, 9.17) is 5.26 Å². The van der Waals surface area contributed by atoms with E-state index < -0.39 is 0 Å². The Morgan fingerprint density at radius 2 is 2.05 bits per heavy atom. The molecule has 4 nitrogen and oxygen atoms in total. The number of carbonyl (C=O) groups is 1. The quantitative estimate of drug-likeness (QED) is 0.920. The van der Waals surface area contributed by atoms with Crippen LogP contribution in [-0.2, 0) is 11.3 Å². The van der Waals surface area contributed by atoms with Gasteiger partial charge in [0, 0.05) is 6.54 Å². The molecule has 0 aliphatic rings. The molecule has 0 radical (unpaired) electrons. The molecule has 1 heterocycles. The molecule has 114 valence electrons. The van der Waals surface area contributed by atoms with Gasteiger partial charge in [-0.1, -0.05) is 29.8 Å². The van der Waals surface area contributed by atoms with Gasteiger partial charge in [0.1, 0.15) is 11.1 Å². The first-order valence-electron chi connectivity index (χ1n) is 7.05. The third kappa shape index (κ3) is 3.94. The van der Waals surface area contributed by atoms with Gasteiger partial charge in [-0.15, -0.1) is 11.3 Å². The van der Waals surface area contributed by atoms with Crippen molar-refractivity contribution in [3.05, 3.63) is 52.4 Å². The summed E-state index contributed by atoms with van der Waals surface area (Å²) in [5, 5.41) is 14.2. The number of thiophene rings is 1. The van der Waals surface area contributed by atoms with E-state index in [0.29, 0.717) is 17.1 Å². The Bertz CT molecular complexity index is 685. The minimum atomic E-state index is -0.282. The van der Waals surface area contributed by atoms with Gasteiger partial charge in [0.25, 0.3) is 0 Å². The van der Waals surface area contributed by atoms with Gasteiger partial charge in [-0.05, 0) is 37.9 Å². The predicted octanol–water partition coefficient (Wildman–Crippen LogP) is 3.39. The monoisotopic (exact) mass is 313 g/mol. The average molecular weight is 313 g/mol. The van der Waals surface area contributed by atoms with Crippen molar-refractivity contribution in [2.45, 2.75) is 26.4 Å². The molecule has 0 saturated carbocycles. The highest BCUT2D eigenvalue weighted by Gasteiger charge is 2.19. The summed E-state index contributed by atoms with van der Waals surface area (Å²) < 4.78 is 0. The summed E-state index contributed by atoms with van der Waals surface area (Å²) in [6, 6.07) is 11.8. The van der Waals surface area contributed by atoms with Crippen molar-refractivity contribution in [2.75, 3.05) is 12.4 Å². The number of rotatable bonds is 5. The second-order valence-electron chi connectivity index (χ2n) is 5.34. The smallest absolute Gasteiger partial charge is 0.242 e. The van der Waals surface area contributed by atoms with Crippen LogP contribution in [0.5, 0.6) is 0 Å². The maximum absolute atomic E-state index is 12.3. The SMILES string of the molecule is Cc1ccc(CN(C)[C@@H](C)C(=O)Nc2sccc2C#N)cc1. The van der Waals surface area contributed by atoms with Crippen molar-refractivity contribution < 1.29 is 4.79 Å². The van der Waals surface area contributed by atoms with Crippen molar-refractivity contribution in [1.29, 1.82) is 5.26 Å². The molecule has 0 fully saturated rings. The van der Waals surface area contributed by atoms with Crippen LogP contribution in [0.3, 0.4) is 0 Å². The topological polar surface area (TPSA) is 56.1 Å². The Labute approximate surface area is 135 Å². The largest absolute Gasteiger partial charge is 0.315 e. The van der Waals surface area contributed by atoms with Crippen LogP contribution in [0.25, 0.3) is 0 Å². The number of hydrogen-bond acceptors (Lipinski definition) is 4. The van der Waals surface area contributed by atoms with Gasteiger partial charge in [-0.2, -0.15) is 5.26 Å². The molecule has 0 spiro atoms. The van der Waals surface area contributed by atoms with Gasteiger partial charge >= 0.3 is 0 Å². The third-order valence-electron chi connectivity index (χ3n) is 3.62. The molecule has 5 heteroatoms. The van der Waals surface area contributed by atoms with E-state index in [2.05, 4.69) is 42.6 Å². The van der Waals surface area contributed by atoms with Crippen LogP contribution in [0, 0.1) is 18.3 Å². The number of nitrogens with zero attached hydrogens (tertiary/aromatic N) is 2. The highest BCUT2D eigenvalue weighted by Crippen LogP contribution is 2.22. The maximum Gasteiger partial charge on any atom is 0.242 e. The van der Waals surface area contributed by atoms with E-state index >= 15 is 0 Å². The molecular formula is C17H19N3OS. The van der Waals surface area contributed by atoms with Crippen LogP contribution in [0.4, 0.5) is 5.00 Å². The van der Waals surface area contributed by atoms with Gasteiger partial charge in [0.15, 0.2) is 0 Å². The van der Waals surface area contributed by atoms with E-state index in [1.165, 1.54) is 22.5 Å². The molecule has 1 atom stereocenters. The maximum atomic E-state index is 12.3. The predicted molar refractivity (Wildman–Crippen MR) is 89.8 cm³/mol. The van der Waals surface area contributed by atoms with E-state index in [9.17, 15) is 4.79 Å². The first-order valence-corrected chi connectivity index (χ1v) is 7.93. The van der Waals surface area contributed by atoms with E-state index in [0.717, 1.165) is 0 Å². The zero-order valence-electron chi connectivity index (χ0n) is 13.0. The first kappa shape index (κ1) is 16.2. The van der Waals surface area contributed by atoms with E-state index in [1.54, 1.807) is 11.4 Å². The molecule has 22 heavy (non-hydrogen) atoms. The zero-order chi connectivity index (χ0) is 16.1. The van der Waals surface area contributed by atoms with Crippen LogP contribution >= 0.6 is 11.3 Å². The van der Waals surface area contributed by atoms with Crippen LogP contribution in [-0.4, -0.2) is 23.9 Å². The lowest BCUT2D eigenvalue weighted by atomic mass is 10.1. The van der Waals surface area contributed by atoms with E-state index in [-0.39, 0.29) is 11.9 Å². The number of nitriles is 1. The molecule has 1 N–H and O–H groups in total. The molecule has 0 saturated heterocycles. The Morgan fingerprint density at radius 1 is 1.36 bits per heavy atom. The number of likely N-dealkylation sites (N-methyl/N-ethyl adjacent to an activating group) is 1. The molecule has 1 aromatic carbocycles. The number of benzene rings is 1. The van der Waals surface area contributed by atoms with Gasteiger partial charge in [0.2, 0.25) is 5.91 Å². The fourth-order valence-corrected chi connectivity index (χ4v) is 2.77. The third-order valence-corrected chi connectivity index (χ3v) is 4.45. The number of anilines is 1. The number of hydrogen-bond donors (Lipinski definition) is 1. The number of carbonyl (C=O) groups excluding carboxylic acids is 1. The molecule has 0 bridgehead atoms. The summed E-state index contributed by atoms with van der Waals surface area (Å²) in [6.07, 6.45) is 0. The Hall–Kier alpha value is -2.16. The summed E-state index contributed by atoms with van der Waals surface area (Å²) in [6.45, 7) is 4.62. The fraction of sp³-hybridized carbons (Fsp3) is 0.294. The molecule has 1 amide bonds. The van der Waals surface area contributed by atoms with Crippen LogP contribution in [0.1, 0.15) is 23.6 Å². The van der Waals surface area contributed by atoms with Crippen molar-refractivity contribution in [1.82, 2.24) is 4.90 Å². The van der Waals surface area contributed by atoms with Crippen LogP contribution < -0.4 is 5.32 Å². The molecule has 0 unspecified atom stereocenters. The zero-order valence-corrected chi connectivity index (χ0v) is 13.8. The molecule has 1 aromatic heterocycles. The van der Waals surface area contributed by atoms with Gasteiger partial charge in [0.05, 0.1) is 11.6 Å². The summed E-state index contributed by atoms with van der Waals surface area (Å²) >= 11 is 1.36. The molecule has 2 rings (SSSR count). The van der Waals surface area contributed by atoms with Crippen molar-refractivity contribution in [3.63, 3.8) is 0 Å². The Balaban J connectivity index is 1.97. The highest BCUT2D eigenvalue weighted by atomic mass is 32.1. The normalized spacial score (nSPS) is 12.0. The lowest BCUT2D eigenvalue weighted by Crippen LogP contribution is -2.39. The summed E-state index contributed by atoms with van der Waals surface area (Å²) in [5.41, 5.74) is 2.90. The molecular weight excluding hydrogens is 294 g/mol. The fourth-order valence-electron chi connectivity index (χ4n) is 2.03. The highest BCUT2D eigenvalue weighted by molar-refractivity contribution is 7.14. The average Bonchev–Trinajstić information content (AvgIpc) is 2.95. The number of nitrogens with one attached hydrogen (secondary N) is 1. The second kappa shape index (κ2) is 7.21.